The second kappa shape index (κ2) is 8.47. The molecular weight excluding hydrogens is 312 g/mol. The SMILES string of the molecule is CCOc1ccc(C(=O)NNC(=O)c2cnccn2)cc1OCC. The van der Waals surface area contributed by atoms with E-state index in [2.05, 4.69) is 20.8 Å². The number of aromatic nitrogens is 2. The third-order valence-electron chi connectivity index (χ3n) is 2.89. The highest BCUT2D eigenvalue weighted by molar-refractivity contribution is 5.98. The van der Waals surface area contributed by atoms with Crippen LogP contribution < -0.4 is 20.3 Å². The Morgan fingerprint density at radius 1 is 1.00 bits per heavy atom. The number of hydrogen-bond donors (Lipinski definition) is 2. The molecule has 8 heteroatoms. The zero-order valence-corrected chi connectivity index (χ0v) is 13.4. The minimum atomic E-state index is -0.563. The maximum Gasteiger partial charge on any atom is 0.289 e. The molecule has 24 heavy (non-hydrogen) atoms. The summed E-state index contributed by atoms with van der Waals surface area (Å²) >= 11 is 0. The van der Waals surface area contributed by atoms with E-state index in [9.17, 15) is 9.59 Å². The summed E-state index contributed by atoms with van der Waals surface area (Å²) in [5.74, 6) is -0.0320. The van der Waals surface area contributed by atoms with E-state index in [4.69, 9.17) is 9.47 Å². The Hall–Kier alpha value is -3.16. The third-order valence-corrected chi connectivity index (χ3v) is 2.89. The molecule has 0 radical (unpaired) electrons. The zero-order valence-electron chi connectivity index (χ0n) is 13.4. The maximum atomic E-state index is 12.1. The first-order valence-corrected chi connectivity index (χ1v) is 7.42. The van der Waals surface area contributed by atoms with Crippen molar-refractivity contribution < 1.29 is 19.1 Å². The maximum absolute atomic E-state index is 12.1. The minimum Gasteiger partial charge on any atom is -0.490 e. The van der Waals surface area contributed by atoms with E-state index in [1.807, 2.05) is 13.8 Å². The van der Waals surface area contributed by atoms with Gasteiger partial charge in [0.15, 0.2) is 11.5 Å². The summed E-state index contributed by atoms with van der Waals surface area (Å²) in [6.07, 6.45) is 4.13. The van der Waals surface area contributed by atoms with Crippen LogP contribution in [0.2, 0.25) is 0 Å². The third kappa shape index (κ3) is 4.42. The molecule has 0 saturated carbocycles. The van der Waals surface area contributed by atoms with Crippen molar-refractivity contribution in [3.8, 4) is 11.5 Å². The molecule has 0 atom stereocenters. The number of hydrogen-bond acceptors (Lipinski definition) is 6. The van der Waals surface area contributed by atoms with Crippen molar-refractivity contribution >= 4 is 11.8 Å². The Bertz CT molecular complexity index is 706. The summed E-state index contributed by atoms with van der Waals surface area (Å²) in [4.78, 5) is 31.6. The first-order chi connectivity index (χ1) is 11.7. The van der Waals surface area contributed by atoms with Crippen LogP contribution in [-0.4, -0.2) is 35.0 Å². The highest BCUT2D eigenvalue weighted by atomic mass is 16.5. The van der Waals surface area contributed by atoms with Gasteiger partial charge >= 0.3 is 0 Å². The van der Waals surface area contributed by atoms with Gasteiger partial charge in [-0.05, 0) is 32.0 Å². The van der Waals surface area contributed by atoms with Gasteiger partial charge in [0.1, 0.15) is 5.69 Å². The van der Waals surface area contributed by atoms with Gasteiger partial charge in [-0.3, -0.25) is 25.4 Å². The lowest BCUT2D eigenvalue weighted by molar-refractivity contribution is 0.0843. The lowest BCUT2D eigenvalue weighted by Crippen LogP contribution is -2.42. The summed E-state index contributed by atoms with van der Waals surface area (Å²) in [7, 11) is 0. The Balaban J connectivity index is 2.04. The highest BCUT2D eigenvalue weighted by Crippen LogP contribution is 2.28. The number of rotatable bonds is 6. The molecule has 0 aliphatic carbocycles. The molecule has 2 amide bonds. The van der Waals surface area contributed by atoms with Crippen LogP contribution in [-0.2, 0) is 0 Å². The van der Waals surface area contributed by atoms with Crippen molar-refractivity contribution in [3.63, 3.8) is 0 Å². The molecule has 1 heterocycles. The number of amides is 2. The molecule has 2 aromatic rings. The molecule has 1 aromatic heterocycles. The van der Waals surface area contributed by atoms with Crippen molar-refractivity contribution in [2.24, 2.45) is 0 Å². The number of nitrogens with one attached hydrogen (secondary N) is 2. The van der Waals surface area contributed by atoms with Crippen molar-refractivity contribution in [2.75, 3.05) is 13.2 Å². The number of nitrogens with zero attached hydrogens (tertiary/aromatic N) is 2. The summed E-state index contributed by atoms with van der Waals surface area (Å²) in [6.45, 7) is 4.62. The van der Waals surface area contributed by atoms with E-state index in [0.717, 1.165) is 0 Å². The van der Waals surface area contributed by atoms with E-state index < -0.39 is 11.8 Å². The summed E-state index contributed by atoms with van der Waals surface area (Å²) < 4.78 is 10.9. The average molecular weight is 330 g/mol. The lowest BCUT2D eigenvalue weighted by atomic mass is 10.2. The van der Waals surface area contributed by atoms with Gasteiger partial charge in [0.05, 0.1) is 19.4 Å². The largest absolute Gasteiger partial charge is 0.490 e. The standard InChI is InChI=1S/C16H18N4O4/c1-3-23-13-6-5-11(9-14(13)24-4-2)15(21)19-20-16(22)12-10-17-7-8-18-12/h5-10H,3-4H2,1-2H3,(H,19,21)(H,20,22). The minimum absolute atomic E-state index is 0.0968. The Kier molecular flexibility index (Phi) is 6.07. The number of carbonyl (C=O) groups excluding carboxylic acids is 2. The lowest BCUT2D eigenvalue weighted by Gasteiger charge is -2.12. The molecule has 0 fully saturated rings. The molecule has 126 valence electrons. The van der Waals surface area contributed by atoms with Gasteiger partial charge < -0.3 is 9.47 Å². The van der Waals surface area contributed by atoms with Crippen molar-refractivity contribution in [2.45, 2.75) is 13.8 Å². The summed E-state index contributed by atoms with van der Waals surface area (Å²) in [5.41, 5.74) is 5.01. The van der Waals surface area contributed by atoms with E-state index in [-0.39, 0.29) is 5.69 Å². The zero-order chi connectivity index (χ0) is 17.4. The van der Waals surface area contributed by atoms with Gasteiger partial charge in [0.25, 0.3) is 11.8 Å². The van der Waals surface area contributed by atoms with Gasteiger partial charge in [-0.2, -0.15) is 0 Å². The first-order valence-electron chi connectivity index (χ1n) is 7.42. The van der Waals surface area contributed by atoms with E-state index in [0.29, 0.717) is 30.3 Å². The normalized spacial score (nSPS) is 9.92. The number of benzene rings is 1. The van der Waals surface area contributed by atoms with Gasteiger partial charge in [0.2, 0.25) is 0 Å². The van der Waals surface area contributed by atoms with E-state index >= 15 is 0 Å². The smallest absolute Gasteiger partial charge is 0.289 e. The van der Waals surface area contributed by atoms with Gasteiger partial charge in [-0.25, -0.2) is 4.98 Å². The number of hydrazine groups is 1. The molecule has 0 bridgehead atoms. The van der Waals surface area contributed by atoms with Crippen molar-refractivity contribution in [1.82, 2.24) is 20.8 Å². The van der Waals surface area contributed by atoms with Crippen LogP contribution in [0.25, 0.3) is 0 Å². The molecule has 0 aliphatic heterocycles. The molecule has 8 nitrogen and oxygen atoms in total. The van der Waals surface area contributed by atoms with Crippen LogP contribution >= 0.6 is 0 Å². The molecule has 1 aromatic carbocycles. The number of ether oxygens (including phenoxy) is 2. The Morgan fingerprint density at radius 3 is 2.38 bits per heavy atom. The van der Waals surface area contributed by atoms with E-state index in [1.165, 1.54) is 18.6 Å². The second-order valence-electron chi connectivity index (χ2n) is 4.53. The topological polar surface area (TPSA) is 102 Å². The van der Waals surface area contributed by atoms with Gasteiger partial charge in [-0.1, -0.05) is 0 Å². The molecule has 2 rings (SSSR count). The monoisotopic (exact) mass is 330 g/mol. The fourth-order valence-electron chi connectivity index (χ4n) is 1.86. The quantitative estimate of drug-likeness (QED) is 0.775. The molecule has 0 aliphatic rings. The van der Waals surface area contributed by atoms with Gasteiger partial charge in [-0.15, -0.1) is 0 Å². The van der Waals surface area contributed by atoms with Crippen LogP contribution in [0.15, 0.2) is 36.8 Å². The van der Waals surface area contributed by atoms with Crippen molar-refractivity contribution in [3.05, 3.63) is 48.0 Å². The van der Waals surface area contributed by atoms with Crippen LogP contribution in [0.5, 0.6) is 11.5 Å². The fourth-order valence-corrected chi connectivity index (χ4v) is 1.86. The van der Waals surface area contributed by atoms with Crippen LogP contribution in [0.3, 0.4) is 0 Å². The molecule has 2 N–H and O–H groups in total. The fraction of sp³-hybridized carbons (Fsp3) is 0.250. The molecule has 0 unspecified atom stereocenters. The Labute approximate surface area is 139 Å². The van der Waals surface area contributed by atoms with E-state index in [1.54, 1.807) is 18.2 Å². The van der Waals surface area contributed by atoms with Crippen molar-refractivity contribution in [1.29, 1.82) is 0 Å². The van der Waals surface area contributed by atoms with Crippen LogP contribution in [0.4, 0.5) is 0 Å². The molecular formula is C16H18N4O4. The predicted molar refractivity (Wildman–Crippen MR) is 85.7 cm³/mol. The highest BCUT2D eigenvalue weighted by Gasteiger charge is 2.13. The van der Waals surface area contributed by atoms with Crippen LogP contribution in [0, 0.1) is 0 Å². The summed E-state index contributed by atoms with van der Waals surface area (Å²) in [6, 6.07) is 4.78. The second-order valence-corrected chi connectivity index (χ2v) is 4.53. The molecule has 0 spiro atoms. The van der Waals surface area contributed by atoms with Crippen LogP contribution in [0.1, 0.15) is 34.7 Å². The Morgan fingerprint density at radius 2 is 1.71 bits per heavy atom. The molecule has 0 saturated heterocycles. The van der Waals surface area contributed by atoms with Gasteiger partial charge in [0, 0.05) is 18.0 Å². The average Bonchev–Trinajstić information content (AvgIpc) is 2.62. The summed E-state index contributed by atoms with van der Waals surface area (Å²) in [5, 5.41) is 0. The first kappa shape index (κ1) is 17.2. The number of carbonyl (C=O) groups is 2. The predicted octanol–water partition coefficient (Wildman–Crippen LogP) is 1.35.